The summed E-state index contributed by atoms with van der Waals surface area (Å²) in [7, 11) is 4.45. The first-order valence-corrected chi connectivity index (χ1v) is 36.2. The topological polar surface area (TPSA) is 29.6 Å². The van der Waals surface area contributed by atoms with Crippen LogP contribution in [0.15, 0.2) is 328 Å². The summed E-state index contributed by atoms with van der Waals surface area (Å²) in [5.41, 5.74) is 29.6. The number of aryl methyl sites for hydroxylation is 2. The monoisotopic (exact) mass is 1330 g/mol. The normalized spacial score (nSPS) is 12.6. The molecule has 1 aliphatic rings. The summed E-state index contributed by atoms with van der Waals surface area (Å²) in [5.74, 6) is 0. The van der Waals surface area contributed by atoms with E-state index < -0.39 is 0 Å². The summed E-state index contributed by atoms with van der Waals surface area (Å²) in [6, 6.07) is 122. The molecule has 1 aliphatic carbocycles. The number of hydrogen-bond acceptors (Lipinski definition) is 0. The fraction of sp³-hybridized carbons (Fsp3) is 0.0408. The number of aromatic nitrogens is 6. The molecular weight excluding hydrogens is 1260 g/mol. The predicted molar refractivity (Wildman–Crippen MR) is 439 cm³/mol. The highest BCUT2D eigenvalue weighted by Gasteiger charge is 2.24. The molecule has 0 spiro atoms. The summed E-state index contributed by atoms with van der Waals surface area (Å²) in [6.45, 7) is 0. The van der Waals surface area contributed by atoms with Crippen LogP contribution in [0.2, 0.25) is 0 Å². The van der Waals surface area contributed by atoms with Crippen molar-refractivity contribution in [2.45, 2.75) is 12.8 Å². The van der Waals surface area contributed by atoms with Gasteiger partial charge in [-0.2, -0.15) is 0 Å². The van der Waals surface area contributed by atoms with E-state index in [1.54, 1.807) is 0 Å². The van der Waals surface area contributed by atoms with Gasteiger partial charge in [-0.1, -0.05) is 218 Å². The predicted octanol–water partition coefficient (Wildman–Crippen LogP) is 23.9. The third kappa shape index (κ3) is 8.63. The number of hydrogen-bond donors (Lipinski definition) is 0. The molecule has 21 aromatic rings. The number of para-hydroxylation sites is 6. The summed E-state index contributed by atoms with van der Waals surface area (Å²) in [5, 5.41) is 16.3. The Hall–Kier alpha value is -13.4. The first-order valence-electron chi connectivity index (χ1n) is 36.2. The summed E-state index contributed by atoms with van der Waals surface area (Å²) < 4.78 is 14.6. The van der Waals surface area contributed by atoms with Crippen LogP contribution >= 0.6 is 0 Å². The van der Waals surface area contributed by atoms with Crippen LogP contribution in [-0.2, 0) is 14.1 Å². The summed E-state index contributed by atoms with van der Waals surface area (Å²) >= 11 is 0. The van der Waals surface area contributed by atoms with Crippen molar-refractivity contribution in [1.29, 1.82) is 0 Å². The second-order valence-corrected chi connectivity index (χ2v) is 28.4. The molecule has 15 aromatic carbocycles. The van der Waals surface area contributed by atoms with Crippen molar-refractivity contribution in [2.75, 3.05) is 0 Å². The lowest BCUT2D eigenvalue weighted by Gasteiger charge is -2.14. The van der Waals surface area contributed by atoms with Crippen LogP contribution in [-0.4, -0.2) is 27.4 Å². The van der Waals surface area contributed by atoms with Crippen molar-refractivity contribution in [1.82, 2.24) is 27.4 Å². The van der Waals surface area contributed by atoms with Gasteiger partial charge in [-0.15, -0.1) is 0 Å². The van der Waals surface area contributed by atoms with Crippen LogP contribution in [0.25, 0.3) is 210 Å². The van der Waals surface area contributed by atoms with Crippen LogP contribution in [0, 0.1) is 0 Å². The van der Waals surface area contributed by atoms with E-state index in [1.165, 1.54) is 181 Å². The van der Waals surface area contributed by atoms with Gasteiger partial charge in [0.15, 0.2) is 0 Å². The molecule has 0 atom stereocenters. The highest BCUT2D eigenvalue weighted by molar-refractivity contribution is 6.20. The second kappa shape index (κ2) is 22.5. The smallest absolute Gasteiger partial charge is 0.0553 e. The van der Waals surface area contributed by atoms with E-state index in [9.17, 15) is 0 Å². The van der Waals surface area contributed by atoms with Crippen LogP contribution in [0.3, 0.4) is 0 Å². The van der Waals surface area contributed by atoms with Gasteiger partial charge in [0.25, 0.3) is 0 Å². The van der Waals surface area contributed by atoms with Crippen LogP contribution in [0.5, 0.6) is 0 Å². The lowest BCUT2D eigenvalue weighted by molar-refractivity contribution is 1.01. The molecule has 0 fully saturated rings. The molecular formula is C98H66N6. The Morgan fingerprint density at radius 3 is 1.12 bits per heavy atom. The van der Waals surface area contributed by atoms with Gasteiger partial charge < -0.3 is 27.4 Å². The van der Waals surface area contributed by atoms with Crippen LogP contribution in [0.4, 0.5) is 0 Å². The van der Waals surface area contributed by atoms with E-state index in [1.807, 2.05) is 0 Å². The molecule has 0 bridgehead atoms. The lowest BCUT2D eigenvalue weighted by atomic mass is 9.93. The van der Waals surface area contributed by atoms with Crippen molar-refractivity contribution in [3.8, 4) is 78.4 Å². The van der Waals surface area contributed by atoms with Crippen molar-refractivity contribution in [2.24, 2.45) is 14.1 Å². The molecule has 0 N–H and O–H groups in total. The van der Waals surface area contributed by atoms with Crippen molar-refractivity contribution >= 4 is 132 Å². The molecule has 0 amide bonds. The molecule has 6 heterocycles. The van der Waals surface area contributed by atoms with E-state index in [4.69, 9.17) is 0 Å². The lowest BCUT2D eigenvalue weighted by Crippen LogP contribution is -2.30. The maximum absolute atomic E-state index is 2.47. The third-order valence-corrected chi connectivity index (χ3v) is 22.9. The Bertz CT molecular complexity index is 7330. The zero-order chi connectivity index (χ0) is 68.4. The maximum Gasteiger partial charge on any atom is 0.0553 e. The largest absolute Gasteiger partial charge is 0.344 e. The fourth-order valence-corrected chi connectivity index (χ4v) is 18.0. The Balaban J connectivity index is 0.652. The highest BCUT2D eigenvalue weighted by Crippen LogP contribution is 2.46. The number of nitrogens with zero attached hydrogens (tertiary/aromatic N) is 6. The average Bonchev–Trinajstić information content (AvgIpc) is 1.58. The number of rotatable bonds is 9. The zero-order valence-corrected chi connectivity index (χ0v) is 57.4. The Kier molecular flexibility index (Phi) is 12.7. The van der Waals surface area contributed by atoms with Gasteiger partial charge in [-0.05, 0) is 190 Å². The van der Waals surface area contributed by atoms with Gasteiger partial charge in [0.1, 0.15) is 0 Å². The van der Waals surface area contributed by atoms with Crippen LogP contribution in [0.1, 0.15) is 12.8 Å². The summed E-state index contributed by atoms with van der Waals surface area (Å²) in [4.78, 5) is 0. The fourth-order valence-electron chi connectivity index (χ4n) is 18.0. The molecule has 0 aliphatic heterocycles. The first kappa shape index (κ1) is 58.4. The molecule has 6 aromatic heterocycles. The van der Waals surface area contributed by atoms with E-state index in [-0.39, 0.29) is 0 Å². The molecule has 6 nitrogen and oxygen atoms in total. The molecule has 488 valence electrons. The van der Waals surface area contributed by atoms with Gasteiger partial charge >= 0.3 is 0 Å². The van der Waals surface area contributed by atoms with Gasteiger partial charge in [-0.3, -0.25) is 0 Å². The highest BCUT2D eigenvalue weighted by atomic mass is 15.0. The Labute approximate surface area is 599 Å². The minimum absolute atomic E-state index is 1.05. The van der Waals surface area contributed by atoms with Gasteiger partial charge in [0.2, 0.25) is 0 Å². The molecule has 104 heavy (non-hydrogen) atoms. The van der Waals surface area contributed by atoms with Crippen molar-refractivity contribution in [3.63, 3.8) is 0 Å². The zero-order valence-electron chi connectivity index (χ0n) is 57.4. The van der Waals surface area contributed by atoms with E-state index >= 15 is 0 Å². The minimum Gasteiger partial charge on any atom is -0.344 e. The third-order valence-electron chi connectivity index (χ3n) is 22.9. The van der Waals surface area contributed by atoms with E-state index in [0.717, 1.165) is 41.0 Å². The quantitative estimate of drug-likeness (QED) is 0.138. The second-order valence-electron chi connectivity index (χ2n) is 28.4. The van der Waals surface area contributed by atoms with Crippen molar-refractivity contribution < 1.29 is 0 Å². The SMILES string of the molecule is Cn1c2cc(-c3ccc4c5c(n(-c6ccccc6)c4c3)=CCCC=5)ccc2c2ccc(-c3cc(-c4ccc(-n5c6ccccc6c6ccc(-c7ccc8c9c(-c%10ccc%11c%12ccccc%12n(-c%12ccccc%12)c%11c%10)cccc9n(C)c8c7)cc65)cc4)c4c5ccccc5n(-c5ccccc5)c4c3)cc21. The standard InChI is InChI=1S/C98H66N6/c1-99-89-36-20-31-73(67-44-51-81-76-29-13-17-33-86(76)102(95(81)59-67)70-23-8-4-9-24-70)97(89)83-52-43-63(55-92(83)99)65-41-50-80-75-28-14-18-34-87(75)103(94(80)58-65)72-45-37-61(38-46-72)84-53-68(60-96-98(84)82-30-15-19-35-88(82)104(96)71-25-10-5-11-26-71)66-42-48-78-77-47-39-62(54-90(77)100(2)91(78)56-66)64-40-49-79-74-27-12-16-32-85(74)101(93(79)57-64)69-21-6-3-7-22-69/h3-11,13-15,17-60H,12,16H2,1-2H3. The first-order chi connectivity index (χ1) is 51.4. The molecule has 22 rings (SSSR count). The van der Waals surface area contributed by atoms with Gasteiger partial charge in [-0.25, -0.2) is 0 Å². The maximum atomic E-state index is 2.47. The average molecular weight is 1330 g/mol. The minimum atomic E-state index is 1.05. The molecule has 0 unspecified atom stereocenters. The van der Waals surface area contributed by atoms with E-state index in [2.05, 4.69) is 381 Å². The Morgan fingerprint density at radius 2 is 0.548 bits per heavy atom. The summed E-state index contributed by atoms with van der Waals surface area (Å²) in [6.07, 6.45) is 6.96. The Morgan fingerprint density at radius 1 is 0.202 bits per heavy atom. The molecule has 0 saturated heterocycles. The molecule has 6 heteroatoms. The van der Waals surface area contributed by atoms with Gasteiger partial charge in [0, 0.05) is 129 Å². The number of fused-ring (bicyclic) bond motifs is 18. The molecule has 0 radical (unpaired) electrons. The van der Waals surface area contributed by atoms with Crippen molar-refractivity contribution in [3.05, 3.63) is 338 Å². The molecule has 0 saturated carbocycles. The van der Waals surface area contributed by atoms with E-state index in [0.29, 0.717) is 0 Å². The number of benzene rings is 15. The van der Waals surface area contributed by atoms with Gasteiger partial charge in [0.05, 0.1) is 38.6 Å². The van der Waals surface area contributed by atoms with Crippen LogP contribution < -0.4 is 10.6 Å².